The van der Waals surface area contributed by atoms with Crippen LogP contribution in [0.4, 0.5) is 0 Å². The summed E-state index contributed by atoms with van der Waals surface area (Å²) in [6, 6.07) is 5.81. The number of rotatable bonds is 4. The summed E-state index contributed by atoms with van der Waals surface area (Å²) in [5, 5.41) is 2.93. The fourth-order valence-corrected chi connectivity index (χ4v) is 1.81. The van der Waals surface area contributed by atoms with E-state index in [4.69, 9.17) is 0 Å². The van der Waals surface area contributed by atoms with E-state index < -0.39 is 0 Å². The summed E-state index contributed by atoms with van der Waals surface area (Å²) in [5.41, 5.74) is 1.69. The molecule has 1 amide bonds. The Morgan fingerprint density at radius 2 is 2.31 bits per heavy atom. The van der Waals surface area contributed by atoms with Crippen LogP contribution >= 0.6 is 15.9 Å². The summed E-state index contributed by atoms with van der Waals surface area (Å²) in [7, 11) is 0. The number of carbonyl (C=O) groups excluding carboxylic acids is 1. The maximum atomic E-state index is 11.9. The Morgan fingerprint density at radius 1 is 1.62 bits per heavy atom. The van der Waals surface area contributed by atoms with Crippen LogP contribution in [-0.4, -0.2) is 11.9 Å². The Bertz CT molecular complexity index is 401. The first kappa shape index (κ1) is 13.0. The first-order valence-corrected chi connectivity index (χ1v) is 6.01. The largest absolute Gasteiger partial charge is 0.349 e. The van der Waals surface area contributed by atoms with Crippen LogP contribution in [-0.2, 0) is 0 Å². The Kier molecular flexibility index (Phi) is 4.74. The van der Waals surface area contributed by atoms with Crippen molar-refractivity contribution in [3.63, 3.8) is 0 Å². The van der Waals surface area contributed by atoms with Gasteiger partial charge in [0.2, 0.25) is 0 Å². The second-order valence-electron chi connectivity index (χ2n) is 3.86. The summed E-state index contributed by atoms with van der Waals surface area (Å²) in [4.78, 5) is 11.9. The van der Waals surface area contributed by atoms with Crippen LogP contribution in [0.5, 0.6) is 0 Å². The lowest BCUT2D eigenvalue weighted by Crippen LogP contribution is -2.32. The highest BCUT2D eigenvalue weighted by Crippen LogP contribution is 2.16. The standard InChI is InChI=1S/C13H16BrNO/c1-4-5-10(3)15-13(16)12-8-11(14)7-6-9(12)2/h4,6-8,10H,1,5H2,2-3H3,(H,15,16). The molecule has 0 spiro atoms. The van der Waals surface area contributed by atoms with Gasteiger partial charge in [-0.05, 0) is 38.0 Å². The van der Waals surface area contributed by atoms with Gasteiger partial charge in [0.05, 0.1) is 0 Å². The van der Waals surface area contributed by atoms with Gasteiger partial charge in [0.1, 0.15) is 0 Å². The van der Waals surface area contributed by atoms with Gasteiger partial charge in [0.15, 0.2) is 0 Å². The van der Waals surface area contributed by atoms with E-state index in [1.165, 1.54) is 0 Å². The molecule has 86 valence electrons. The average molecular weight is 282 g/mol. The van der Waals surface area contributed by atoms with Crippen LogP contribution < -0.4 is 5.32 Å². The van der Waals surface area contributed by atoms with Gasteiger partial charge in [-0.2, -0.15) is 0 Å². The summed E-state index contributed by atoms with van der Waals surface area (Å²) < 4.78 is 0.916. The molecular weight excluding hydrogens is 266 g/mol. The maximum absolute atomic E-state index is 11.9. The molecule has 0 fully saturated rings. The van der Waals surface area contributed by atoms with Gasteiger partial charge in [-0.1, -0.05) is 28.1 Å². The SMILES string of the molecule is C=CCC(C)NC(=O)c1cc(Br)ccc1C. The quantitative estimate of drug-likeness (QED) is 0.842. The molecule has 0 aromatic heterocycles. The van der Waals surface area contributed by atoms with E-state index in [0.29, 0.717) is 5.56 Å². The molecule has 1 aromatic rings. The summed E-state index contributed by atoms with van der Waals surface area (Å²) in [5.74, 6) is -0.0341. The molecule has 2 nitrogen and oxygen atoms in total. The third-order valence-electron chi connectivity index (χ3n) is 2.34. The Hall–Kier alpha value is -1.09. The molecule has 0 bridgehead atoms. The van der Waals surface area contributed by atoms with Gasteiger partial charge < -0.3 is 5.32 Å². The second kappa shape index (κ2) is 5.85. The summed E-state index contributed by atoms with van der Waals surface area (Å²) in [6.07, 6.45) is 2.58. The van der Waals surface area contributed by atoms with Gasteiger partial charge in [0, 0.05) is 16.1 Å². The van der Waals surface area contributed by atoms with E-state index in [9.17, 15) is 4.79 Å². The van der Waals surface area contributed by atoms with E-state index in [-0.39, 0.29) is 11.9 Å². The van der Waals surface area contributed by atoms with Gasteiger partial charge in [0.25, 0.3) is 5.91 Å². The first-order chi connectivity index (χ1) is 7.54. The van der Waals surface area contributed by atoms with Crippen molar-refractivity contribution in [2.24, 2.45) is 0 Å². The highest BCUT2D eigenvalue weighted by Gasteiger charge is 2.11. The second-order valence-corrected chi connectivity index (χ2v) is 4.77. The number of benzene rings is 1. The Morgan fingerprint density at radius 3 is 2.94 bits per heavy atom. The predicted octanol–water partition coefficient (Wildman–Crippen LogP) is 3.45. The smallest absolute Gasteiger partial charge is 0.251 e. The van der Waals surface area contributed by atoms with Crippen molar-refractivity contribution in [2.75, 3.05) is 0 Å². The molecular formula is C13H16BrNO. The van der Waals surface area contributed by atoms with Crippen molar-refractivity contribution < 1.29 is 4.79 Å². The molecule has 3 heteroatoms. The maximum Gasteiger partial charge on any atom is 0.251 e. The zero-order valence-corrected chi connectivity index (χ0v) is 11.2. The van der Waals surface area contributed by atoms with Crippen LogP contribution in [0.25, 0.3) is 0 Å². The molecule has 1 unspecified atom stereocenters. The fourth-order valence-electron chi connectivity index (χ4n) is 1.45. The van der Waals surface area contributed by atoms with Crippen molar-refractivity contribution in [2.45, 2.75) is 26.3 Å². The Balaban J connectivity index is 2.80. The van der Waals surface area contributed by atoms with Crippen molar-refractivity contribution >= 4 is 21.8 Å². The van der Waals surface area contributed by atoms with Crippen LogP contribution in [0.2, 0.25) is 0 Å². The van der Waals surface area contributed by atoms with Crippen LogP contribution in [0, 0.1) is 6.92 Å². The molecule has 0 aliphatic carbocycles. The Labute approximate surface area is 105 Å². The molecule has 16 heavy (non-hydrogen) atoms. The lowest BCUT2D eigenvalue weighted by molar-refractivity contribution is 0.0940. The van der Waals surface area contributed by atoms with Crippen LogP contribution in [0.3, 0.4) is 0 Å². The van der Waals surface area contributed by atoms with Crippen molar-refractivity contribution in [3.8, 4) is 0 Å². The fraction of sp³-hybridized carbons (Fsp3) is 0.308. The highest BCUT2D eigenvalue weighted by molar-refractivity contribution is 9.10. The normalized spacial score (nSPS) is 11.9. The predicted molar refractivity (Wildman–Crippen MR) is 70.6 cm³/mol. The number of nitrogens with one attached hydrogen (secondary N) is 1. The monoisotopic (exact) mass is 281 g/mol. The molecule has 0 radical (unpaired) electrons. The van der Waals surface area contributed by atoms with Gasteiger partial charge in [-0.3, -0.25) is 4.79 Å². The highest BCUT2D eigenvalue weighted by atomic mass is 79.9. The molecule has 1 aromatic carbocycles. The minimum atomic E-state index is -0.0341. The molecule has 0 saturated carbocycles. The molecule has 1 N–H and O–H groups in total. The first-order valence-electron chi connectivity index (χ1n) is 5.22. The van der Waals surface area contributed by atoms with E-state index in [0.717, 1.165) is 16.5 Å². The third-order valence-corrected chi connectivity index (χ3v) is 2.84. The molecule has 1 rings (SSSR count). The number of hydrogen-bond donors (Lipinski definition) is 1. The van der Waals surface area contributed by atoms with Crippen LogP contribution in [0.15, 0.2) is 35.3 Å². The van der Waals surface area contributed by atoms with E-state index in [1.54, 1.807) is 6.08 Å². The zero-order chi connectivity index (χ0) is 12.1. The summed E-state index contributed by atoms with van der Waals surface area (Å²) in [6.45, 7) is 7.55. The third kappa shape index (κ3) is 3.49. The number of carbonyl (C=O) groups is 1. The van der Waals surface area contributed by atoms with Crippen LogP contribution in [0.1, 0.15) is 29.3 Å². The number of amides is 1. The number of hydrogen-bond acceptors (Lipinski definition) is 1. The topological polar surface area (TPSA) is 29.1 Å². The lowest BCUT2D eigenvalue weighted by Gasteiger charge is -2.13. The summed E-state index contributed by atoms with van der Waals surface area (Å²) >= 11 is 3.37. The minimum Gasteiger partial charge on any atom is -0.349 e. The number of halogens is 1. The van der Waals surface area contributed by atoms with E-state index in [1.807, 2.05) is 32.0 Å². The van der Waals surface area contributed by atoms with Crippen molar-refractivity contribution in [3.05, 3.63) is 46.5 Å². The van der Waals surface area contributed by atoms with E-state index >= 15 is 0 Å². The van der Waals surface area contributed by atoms with Crippen molar-refractivity contribution in [1.29, 1.82) is 0 Å². The van der Waals surface area contributed by atoms with E-state index in [2.05, 4.69) is 27.8 Å². The molecule has 0 saturated heterocycles. The zero-order valence-electron chi connectivity index (χ0n) is 9.59. The van der Waals surface area contributed by atoms with Gasteiger partial charge in [-0.25, -0.2) is 0 Å². The van der Waals surface area contributed by atoms with Gasteiger partial charge >= 0.3 is 0 Å². The average Bonchev–Trinajstić information content (AvgIpc) is 2.21. The lowest BCUT2D eigenvalue weighted by atomic mass is 10.1. The minimum absolute atomic E-state index is 0.0341. The molecule has 0 aliphatic rings. The van der Waals surface area contributed by atoms with Crippen molar-refractivity contribution in [1.82, 2.24) is 5.32 Å². The van der Waals surface area contributed by atoms with Gasteiger partial charge in [-0.15, -0.1) is 6.58 Å². The molecule has 0 heterocycles. The molecule has 0 aliphatic heterocycles. The molecule has 1 atom stereocenters. The number of aryl methyl sites for hydroxylation is 1.